The largest absolute Gasteiger partial charge is 0.507 e. The normalized spacial score (nSPS) is 12.0. The summed E-state index contributed by atoms with van der Waals surface area (Å²) >= 11 is 0. The summed E-state index contributed by atoms with van der Waals surface area (Å²) in [5, 5.41) is 13.6. The van der Waals surface area contributed by atoms with Gasteiger partial charge in [-0.1, -0.05) is 37.3 Å². The van der Waals surface area contributed by atoms with Crippen molar-refractivity contribution in [3.63, 3.8) is 0 Å². The molecule has 0 saturated heterocycles. The Labute approximate surface area is 153 Å². The molecule has 0 radical (unpaired) electrons. The van der Waals surface area contributed by atoms with E-state index in [1.54, 1.807) is 18.3 Å². The quantitative estimate of drug-likeness (QED) is 0.628. The van der Waals surface area contributed by atoms with Crippen molar-refractivity contribution in [2.75, 3.05) is 11.9 Å². The van der Waals surface area contributed by atoms with E-state index in [1.165, 1.54) is 5.56 Å². The lowest BCUT2D eigenvalue weighted by Crippen LogP contribution is -2.28. The van der Waals surface area contributed by atoms with E-state index in [9.17, 15) is 5.11 Å². The fourth-order valence-electron chi connectivity index (χ4n) is 2.75. The van der Waals surface area contributed by atoms with Crippen LogP contribution in [0.15, 0.2) is 54.7 Å². The van der Waals surface area contributed by atoms with Gasteiger partial charge < -0.3 is 16.2 Å². The number of aromatic nitrogens is 2. The molecule has 0 aliphatic heterocycles. The number of phenolic OH excluding ortho intramolecular Hbond substituents is 1. The molecule has 5 heteroatoms. The van der Waals surface area contributed by atoms with Crippen LogP contribution in [-0.2, 0) is 0 Å². The van der Waals surface area contributed by atoms with Crippen molar-refractivity contribution < 1.29 is 5.11 Å². The lowest BCUT2D eigenvalue weighted by molar-refractivity contribution is 0.477. The first-order valence-corrected chi connectivity index (χ1v) is 8.80. The van der Waals surface area contributed by atoms with E-state index < -0.39 is 0 Å². The fourth-order valence-corrected chi connectivity index (χ4v) is 2.75. The summed E-state index contributed by atoms with van der Waals surface area (Å²) < 4.78 is 0. The van der Waals surface area contributed by atoms with Crippen LogP contribution >= 0.6 is 0 Å². The minimum absolute atomic E-state index is 0.0752. The Morgan fingerprint density at radius 1 is 1.12 bits per heavy atom. The molecule has 0 bridgehead atoms. The lowest BCUT2D eigenvalue weighted by atomic mass is 9.98. The highest BCUT2D eigenvalue weighted by Gasteiger charge is 2.11. The average Bonchev–Trinajstić information content (AvgIpc) is 2.67. The monoisotopic (exact) mass is 348 g/mol. The maximum atomic E-state index is 10.3. The second kappa shape index (κ2) is 7.97. The average molecular weight is 348 g/mol. The highest BCUT2D eigenvalue weighted by atomic mass is 16.3. The third-order valence-electron chi connectivity index (χ3n) is 4.42. The summed E-state index contributed by atoms with van der Waals surface area (Å²) in [5.41, 5.74) is 9.87. The van der Waals surface area contributed by atoms with Crippen LogP contribution in [0.3, 0.4) is 0 Å². The van der Waals surface area contributed by atoms with Crippen LogP contribution in [-0.4, -0.2) is 27.7 Å². The zero-order valence-electron chi connectivity index (χ0n) is 15.1. The maximum absolute atomic E-state index is 10.3. The molecule has 0 unspecified atom stereocenters. The van der Waals surface area contributed by atoms with Crippen LogP contribution in [0, 0.1) is 6.92 Å². The van der Waals surface area contributed by atoms with Crippen LogP contribution in [0.25, 0.3) is 22.5 Å². The molecule has 1 aromatic heterocycles. The molecular formula is C21H24N4O. The van der Waals surface area contributed by atoms with E-state index in [2.05, 4.69) is 34.3 Å². The molecule has 26 heavy (non-hydrogen) atoms. The smallest absolute Gasteiger partial charge is 0.165 e. The minimum Gasteiger partial charge on any atom is -0.507 e. The highest BCUT2D eigenvalue weighted by molar-refractivity contribution is 5.76. The van der Waals surface area contributed by atoms with Gasteiger partial charge in [-0.2, -0.15) is 0 Å². The molecule has 0 aliphatic carbocycles. The summed E-state index contributed by atoms with van der Waals surface area (Å²) in [6, 6.07) is 15.5. The van der Waals surface area contributed by atoms with Crippen molar-refractivity contribution in [3.05, 3.63) is 60.3 Å². The Bertz CT molecular complexity index is 895. The van der Waals surface area contributed by atoms with Gasteiger partial charge in [-0.25, -0.2) is 9.97 Å². The Morgan fingerprint density at radius 3 is 2.69 bits per heavy atom. The molecule has 0 amide bonds. The van der Waals surface area contributed by atoms with E-state index in [0.717, 1.165) is 17.5 Å². The lowest BCUT2D eigenvalue weighted by Gasteiger charge is -2.12. The van der Waals surface area contributed by atoms with Gasteiger partial charge in [0.25, 0.3) is 0 Å². The van der Waals surface area contributed by atoms with Crippen molar-refractivity contribution in [3.8, 4) is 28.3 Å². The maximum Gasteiger partial charge on any atom is 0.165 e. The van der Waals surface area contributed by atoms with E-state index in [-0.39, 0.29) is 11.8 Å². The first kappa shape index (κ1) is 17.9. The summed E-state index contributed by atoms with van der Waals surface area (Å²) in [5.74, 6) is 1.33. The molecule has 3 rings (SSSR count). The SMILES string of the molecule is CC[C@@H](N)CNc1ccnc(-c2cc(-c3ccccc3C)ccc2O)n1. The molecule has 1 heterocycles. The zero-order valence-corrected chi connectivity index (χ0v) is 15.1. The van der Waals surface area contributed by atoms with Crippen molar-refractivity contribution in [2.45, 2.75) is 26.3 Å². The molecule has 0 fully saturated rings. The van der Waals surface area contributed by atoms with Crippen LogP contribution in [0.5, 0.6) is 5.75 Å². The molecule has 5 nitrogen and oxygen atoms in total. The fraction of sp³-hybridized carbons (Fsp3) is 0.238. The number of aryl methyl sites for hydroxylation is 1. The van der Waals surface area contributed by atoms with Crippen molar-refractivity contribution >= 4 is 5.82 Å². The topological polar surface area (TPSA) is 84.1 Å². The molecule has 0 saturated carbocycles. The molecule has 0 aliphatic rings. The van der Waals surface area contributed by atoms with Gasteiger partial charge in [0, 0.05) is 18.8 Å². The summed E-state index contributed by atoms with van der Waals surface area (Å²) in [4.78, 5) is 8.86. The van der Waals surface area contributed by atoms with Crippen LogP contribution in [0.1, 0.15) is 18.9 Å². The van der Waals surface area contributed by atoms with Gasteiger partial charge in [0.15, 0.2) is 5.82 Å². The van der Waals surface area contributed by atoms with Gasteiger partial charge in [0.05, 0.1) is 5.56 Å². The van der Waals surface area contributed by atoms with Crippen LogP contribution in [0.2, 0.25) is 0 Å². The Balaban J connectivity index is 1.94. The number of benzene rings is 2. The van der Waals surface area contributed by atoms with Gasteiger partial charge in [-0.15, -0.1) is 0 Å². The molecule has 3 aromatic rings. The van der Waals surface area contributed by atoms with Crippen LogP contribution < -0.4 is 11.1 Å². The number of nitrogens with one attached hydrogen (secondary N) is 1. The van der Waals surface area contributed by atoms with E-state index in [4.69, 9.17) is 5.73 Å². The molecule has 4 N–H and O–H groups in total. The summed E-state index contributed by atoms with van der Waals surface area (Å²) in [7, 11) is 0. The molecular weight excluding hydrogens is 324 g/mol. The zero-order chi connectivity index (χ0) is 18.5. The molecule has 134 valence electrons. The summed E-state index contributed by atoms with van der Waals surface area (Å²) in [6.07, 6.45) is 2.58. The van der Waals surface area contributed by atoms with Crippen molar-refractivity contribution in [1.82, 2.24) is 9.97 Å². The van der Waals surface area contributed by atoms with Crippen molar-refractivity contribution in [2.24, 2.45) is 5.73 Å². The first-order chi connectivity index (χ1) is 12.6. The second-order valence-corrected chi connectivity index (χ2v) is 6.36. The number of nitrogens with two attached hydrogens (primary N) is 1. The van der Waals surface area contributed by atoms with Gasteiger partial charge in [0.2, 0.25) is 0 Å². The van der Waals surface area contributed by atoms with E-state index in [1.807, 2.05) is 31.2 Å². The standard InChI is InChI=1S/C21H24N4O/c1-3-16(22)13-24-20-10-11-23-21(25-20)18-12-15(8-9-19(18)26)17-7-5-4-6-14(17)2/h4-12,16,26H,3,13,22H2,1-2H3,(H,23,24,25)/t16-/m1/s1. The van der Waals surface area contributed by atoms with Gasteiger partial charge in [-0.3, -0.25) is 0 Å². The van der Waals surface area contributed by atoms with Gasteiger partial charge in [0.1, 0.15) is 11.6 Å². The number of anilines is 1. The number of rotatable bonds is 6. The molecule has 1 atom stereocenters. The Kier molecular flexibility index (Phi) is 5.49. The third-order valence-corrected chi connectivity index (χ3v) is 4.42. The van der Waals surface area contributed by atoms with Crippen molar-refractivity contribution in [1.29, 1.82) is 0 Å². The first-order valence-electron chi connectivity index (χ1n) is 8.80. The summed E-state index contributed by atoms with van der Waals surface area (Å²) in [6.45, 7) is 4.76. The number of hydrogen-bond donors (Lipinski definition) is 3. The number of aromatic hydroxyl groups is 1. The Hall–Kier alpha value is -2.92. The predicted octanol–water partition coefficient (Wildman–Crippen LogP) is 3.97. The molecule has 2 aromatic carbocycles. The van der Waals surface area contributed by atoms with E-state index in [0.29, 0.717) is 23.8 Å². The van der Waals surface area contributed by atoms with Gasteiger partial charge in [-0.05, 0) is 48.2 Å². The Morgan fingerprint density at radius 2 is 1.92 bits per heavy atom. The molecule has 0 spiro atoms. The van der Waals surface area contributed by atoms with Crippen LogP contribution in [0.4, 0.5) is 5.82 Å². The van der Waals surface area contributed by atoms with Gasteiger partial charge >= 0.3 is 0 Å². The highest BCUT2D eigenvalue weighted by Crippen LogP contribution is 2.33. The number of nitrogens with zero attached hydrogens (tertiary/aromatic N) is 2. The van der Waals surface area contributed by atoms with E-state index >= 15 is 0 Å². The predicted molar refractivity (Wildman–Crippen MR) is 106 cm³/mol. The minimum atomic E-state index is 0.0752. The second-order valence-electron chi connectivity index (χ2n) is 6.36. The third kappa shape index (κ3) is 4.00. The number of hydrogen-bond acceptors (Lipinski definition) is 5. The number of phenols is 1.